The highest BCUT2D eigenvalue weighted by atomic mass is 79.9. The van der Waals surface area contributed by atoms with Gasteiger partial charge in [-0.2, -0.15) is 0 Å². The number of benzene rings is 2. The van der Waals surface area contributed by atoms with Crippen LogP contribution in [0.25, 0.3) is 6.08 Å². The molecule has 2 aromatic rings. The molecule has 0 radical (unpaired) electrons. The van der Waals surface area contributed by atoms with E-state index in [9.17, 15) is 9.59 Å². The number of carbonyl (C=O) groups excluding carboxylic acids is 2. The summed E-state index contributed by atoms with van der Waals surface area (Å²) in [5.74, 6) is 0.949. The van der Waals surface area contributed by atoms with Gasteiger partial charge in [-0.1, -0.05) is 52.7 Å². The zero-order valence-electron chi connectivity index (χ0n) is 17.2. The van der Waals surface area contributed by atoms with Crippen LogP contribution in [0, 0.1) is 6.92 Å². The van der Waals surface area contributed by atoms with E-state index in [1.165, 1.54) is 10.5 Å². The third kappa shape index (κ3) is 5.26. The molecule has 1 aliphatic heterocycles. The second-order valence-electron chi connectivity index (χ2n) is 6.86. The lowest BCUT2D eigenvalue weighted by Gasteiger charge is -2.14. The summed E-state index contributed by atoms with van der Waals surface area (Å²) >= 11 is 4.52. The van der Waals surface area contributed by atoms with E-state index in [2.05, 4.69) is 22.0 Å². The molecule has 158 valence electrons. The number of carbonyl (C=O) groups is 2. The molecule has 0 saturated carbocycles. The van der Waals surface area contributed by atoms with Gasteiger partial charge in [0.15, 0.2) is 11.5 Å². The SMILES string of the molecule is CCCN1C(=O)S/C(=C/c2cc(OCC)c(OCc3cccc(C)c3)cc2Br)C1=O. The molecule has 0 unspecified atom stereocenters. The first kappa shape index (κ1) is 22.4. The van der Waals surface area contributed by atoms with Crippen molar-refractivity contribution in [3.8, 4) is 11.5 Å². The van der Waals surface area contributed by atoms with Crippen molar-refractivity contribution in [3.05, 3.63) is 62.5 Å². The van der Waals surface area contributed by atoms with Gasteiger partial charge in [0.25, 0.3) is 11.1 Å². The van der Waals surface area contributed by atoms with Crippen LogP contribution in [0.15, 0.2) is 45.8 Å². The number of aryl methyl sites for hydroxylation is 1. The minimum atomic E-state index is -0.253. The Morgan fingerprint density at radius 2 is 1.87 bits per heavy atom. The number of imide groups is 1. The van der Waals surface area contributed by atoms with Crippen molar-refractivity contribution >= 4 is 44.9 Å². The van der Waals surface area contributed by atoms with Gasteiger partial charge in [0, 0.05) is 11.0 Å². The summed E-state index contributed by atoms with van der Waals surface area (Å²) in [6, 6.07) is 11.8. The van der Waals surface area contributed by atoms with E-state index < -0.39 is 0 Å². The van der Waals surface area contributed by atoms with Gasteiger partial charge in [0.1, 0.15) is 6.61 Å². The van der Waals surface area contributed by atoms with Crippen LogP contribution in [-0.2, 0) is 11.4 Å². The molecule has 1 heterocycles. The van der Waals surface area contributed by atoms with Gasteiger partial charge in [-0.25, -0.2) is 0 Å². The van der Waals surface area contributed by atoms with Crippen LogP contribution in [-0.4, -0.2) is 29.2 Å². The molecule has 0 aromatic heterocycles. The highest BCUT2D eigenvalue weighted by Gasteiger charge is 2.34. The minimum Gasteiger partial charge on any atom is -0.490 e. The molecule has 7 heteroatoms. The van der Waals surface area contributed by atoms with Crippen LogP contribution >= 0.6 is 27.7 Å². The first-order chi connectivity index (χ1) is 14.4. The predicted octanol–water partition coefficient (Wildman–Crippen LogP) is 6.18. The Bertz CT molecular complexity index is 989. The number of rotatable bonds is 8. The van der Waals surface area contributed by atoms with Gasteiger partial charge >= 0.3 is 0 Å². The maximum Gasteiger partial charge on any atom is 0.293 e. The van der Waals surface area contributed by atoms with Gasteiger partial charge in [0.2, 0.25) is 0 Å². The molecule has 2 aromatic carbocycles. The third-order valence-electron chi connectivity index (χ3n) is 4.45. The van der Waals surface area contributed by atoms with Gasteiger partial charge in [0.05, 0.1) is 11.5 Å². The fourth-order valence-electron chi connectivity index (χ4n) is 3.06. The number of hydrogen-bond donors (Lipinski definition) is 0. The average Bonchev–Trinajstić information content (AvgIpc) is 2.97. The van der Waals surface area contributed by atoms with Crippen molar-refractivity contribution in [2.45, 2.75) is 33.8 Å². The fraction of sp³-hybridized carbons (Fsp3) is 0.304. The number of halogens is 1. The quantitative estimate of drug-likeness (QED) is 0.414. The molecule has 0 aliphatic carbocycles. The zero-order chi connectivity index (χ0) is 21.7. The van der Waals surface area contributed by atoms with Gasteiger partial charge in [-0.15, -0.1) is 0 Å². The van der Waals surface area contributed by atoms with E-state index in [1.54, 1.807) is 6.08 Å². The van der Waals surface area contributed by atoms with E-state index in [0.717, 1.165) is 33.8 Å². The van der Waals surface area contributed by atoms with Crippen LogP contribution in [0.4, 0.5) is 4.79 Å². The lowest BCUT2D eigenvalue weighted by atomic mass is 10.1. The molecular formula is C23H24BrNO4S. The van der Waals surface area contributed by atoms with Crippen LogP contribution < -0.4 is 9.47 Å². The molecule has 1 aliphatic rings. The Balaban J connectivity index is 1.86. The summed E-state index contributed by atoms with van der Waals surface area (Å²) in [5.41, 5.74) is 3.00. The van der Waals surface area contributed by atoms with Crippen molar-refractivity contribution in [1.82, 2.24) is 4.90 Å². The van der Waals surface area contributed by atoms with Gasteiger partial charge < -0.3 is 9.47 Å². The number of ether oxygens (including phenoxy) is 2. The maximum atomic E-state index is 12.5. The number of amides is 2. The molecule has 3 rings (SSSR count). The van der Waals surface area contributed by atoms with Crippen molar-refractivity contribution in [2.75, 3.05) is 13.2 Å². The van der Waals surface area contributed by atoms with E-state index >= 15 is 0 Å². The largest absolute Gasteiger partial charge is 0.490 e. The zero-order valence-corrected chi connectivity index (χ0v) is 19.6. The monoisotopic (exact) mass is 489 g/mol. The van der Waals surface area contributed by atoms with E-state index in [-0.39, 0.29) is 11.1 Å². The van der Waals surface area contributed by atoms with Crippen LogP contribution in [0.1, 0.15) is 37.0 Å². The molecule has 2 amide bonds. The molecule has 0 bridgehead atoms. The Kier molecular flexibility index (Phi) is 7.61. The van der Waals surface area contributed by atoms with Crippen LogP contribution in [0.2, 0.25) is 0 Å². The molecule has 0 atom stereocenters. The lowest BCUT2D eigenvalue weighted by molar-refractivity contribution is -0.122. The maximum absolute atomic E-state index is 12.5. The summed E-state index contributed by atoms with van der Waals surface area (Å²) in [7, 11) is 0. The molecular weight excluding hydrogens is 466 g/mol. The molecule has 5 nitrogen and oxygen atoms in total. The molecule has 30 heavy (non-hydrogen) atoms. The molecule has 0 spiro atoms. The van der Waals surface area contributed by atoms with Crippen molar-refractivity contribution in [3.63, 3.8) is 0 Å². The van der Waals surface area contributed by atoms with E-state index in [1.807, 2.05) is 51.1 Å². The summed E-state index contributed by atoms with van der Waals surface area (Å²) < 4.78 is 12.5. The second-order valence-corrected chi connectivity index (χ2v) is 8.71. The molecule has 1 fully saturated rings. The third-order valence-corrected chi connectivity index (χ3v) is 6.04. The number of nitrogens with zero attached hydrogens (tertiary/aromatic N) is 1. The highest BCUT2D eigenvalue weighted by molar-refractivity contribution is 9.10. The van der Waals surface area contributed by atoms with Crippen LogP contribution in [0.5, 0.6) is 11.5 Å². The van der Waals surface area contributed by atoms with Gasteiger partial charge in [-0.05, 0) is 61.4 Å². The highest BCUT2D eigenvalue weighted by Crippen LogP contribution is 2.38. The Labute approximate surface area is 189 Å². The van der Waals surface area contributed by atoms with Gasteiger partial charge in [-0.3, -0.25) is 14.5 Å². The summed E-state index contributed by atoms with van der Waals surface area (Å²) in [4.78, 5) is 26.3. The summed E-state index contributed by atoms with van der Waals surface area (Å²) in [6.45, 7) is 7.22. The van der Waals surface area contributed by atoms with Crippen molar-refractivity contribution < 1.29 is 19.1 Å². The summed E-state index contributed by atoms with van der Waals surface area (Å²) in [5, 5.41) is -0.229. The van der Waals surface area contributed by atoms with Crippen molar-refractivity contribution in [2.24, 2.45) is 0 Å². The Morgan fingerprint density at radius 3 is 2.57 bits per heavy atom. The van der Waals surface area contributed by atoms with E-state index in [0.29, 0.717) is 36.2 Å². The second kappa shape index (κ2) is 10.2. The van der Waals surface area contributed by atoms with Crippen molar-refractivity contribution in [1.29, 1.82) is 0 Å². The first-order valence-electron chi connectivity index (χ1n) is 9.83. The minimum absolute atomic E-state index is 0.229. The predicted molar refractivity (Wildman–Crippen MR) is 124 cm³/mol. The smallest absolute Gasteiger partial charge is 0.293 e. The number of thioether (sulfide) groups is 1. The standard InChI is InChI=1S/C23H24BrNO4S/c1-4-9-25-22(26)21(30-23(25)27)12-17-11-19(28-5-2)20(13-18(17)24)29-14-16-8-6-7-15(3)10-16/h6-8,10-13H,4-5,9,14H2,1-3H3/b21-12+. The first-order valence-corrected chi connectivity index (χ1v) is 11.4. The molecule has 1 saturated heterocycles. The fourth-order valence-corrected chi connectivity index (χ4v) is 4.36. The normalized spacial score (nSPS) is 15.2. The Morgan fingerprint density at radius 1 is 1.10 bits per heavy atom. The lowest BCUT2D eigenvalue weighted by Crippen LogP contribution is -2.28. The summed E-state index contributed by atoms with van der Waals surface area (Å²) in [6.07, 6.45) is 2.45. The Hall–Kier alpha value is -2.25. The topological polar surface area (TPSA) is 55.8 Å². The molecule has 0 N–H and O–H groups in total. The number of hydrogen-bond acceptors (Lipinski definition) is 5. The average molecular weight is 490 g/mol. The van der Waals surface area contributed by atoms with Crippen LogP contribution in [0.3, 0.4) is 0 Å². The van der Waals surface area contributed by atoms with E-state index in [4.69, 9.17) is 9.47 Å².